The monoisotopic (exact) mass is 443 g/mol. The van der Waals surface area contributed by atoms with Gasteiger partial charge >= 0.3 is 0 Å². The molecule has 160 valence electrons. The molecule has 1 aliphatic heterocycles. The molecule has 3 aromatic rings. The number of hydrogen-bond donors (Lipinski definition) is 1. The summed E-state index contributed by atoms with van der Waals surface area (Å²) in [5.74, 6) is 0.169. The first-order valence-electron chi connectivity index (χ1n) is 9.33. The van der Waals surface area contributed by atoms with E-state index in [0.29, 0.717) is 34.8 Å². The van der Waals surface area contributed by atoms with E-state index in [1.807, 2.05) is 6.07 Å². The SMILES string of the molecule is O=c1[nH]c(SCc2cc([N+](=O)[O-])cc([N+](=O)[O-])c2)nc2ccc(N3CCOCC3)cc12. The van der Waals surface area contributed by atoms with Crippen LogP contribution in [0.1, 0.15) is 5.56 Å². The predicted molar refractivity (Wildman–Crippen MR) is 115 cm³/mol. The van der Waals surface area contributed by atoms with Gasteiger partial charge < -0.3 is 14.6 Å². The summed E-state index contributed by atoms with van der Waals surface area (Å²) in [6.07, 6.45) is 0. The molecular weight excluding hydrogens is 426 g/mol. The lowest BCUT2D eigenvalue weighted by Gasteiger charge is -2.28. The van der Waals surface area contributed by atoms with E-state index in [1.54, 1.807) is 12.1 Å². The zero-order valence-corrected chi connectivity index (χ0v) is 17.0. The van der Waals surface area contributed by atoms with Crippen molar-refractivity contribution in [1.82, 2.24) is 9.97 Å². The third-order valence-corrected chi connectivity index (χ3v) is 5.75. The van der Waals surface area contributed by atoms with E-state index in [1.165, 1.54) is 12.1 Å². The van der Waals surface area contributed by atoms with Crippen molar-refractivity contribution in [3.05, 3.63) is 72.5 Å². The number of aromatic amines is 1. The molecule has 0 amide bonds. The second-order valence-corrected chi connectivity index (χ2v) is 7.80. The number of aromatic nitrogens is 2. The van der Waals surface area contributed by atoms with Gasteiger partial charge in [-0.3, -0.25) is 25.0 Å². The highest BCUT2D eigenvalue weighted by Crippen LogP contribution is 2.28. The van der Waals surface area contributed by atoms with E-state index in [4.69, 9.17) is 4.74 Å². The molecule has 12 heteroatoms. The van der Waals surface area contributed by atoms with Gasteiger partial charge in [0.2, 0.25) is 0 Å². The minimum absolute atomic E-state index is 0.169. The molecule has 0 radical (unpaired) electrons. The Balaban J connectivity index is 1.57. The van der Waals surface area contributed by atoms with Gasteiger partial charge in [-0.05, 0) is 23.8 Å². The van der Waals surface area contributed by atoms with Crippen molar-refractivity contribution < 1.29 is 14.6 Å². The standard InChI is InChI=1S/C19H17N5O6S/c25-18-16-10-13(22-3-5-30-6-4-22)1-2-17(16)20-19(21-18)31-11-12-7-14(23(26)27)9-15(8-12)24(28)29/h1-2,7-10H,3-6,11H2,(H,20,21,25). The fourth-order valence-electron chi connectivity index (χ4n) is 3.29. The maximum Gasteiger partial charge on any atom is 0.276 e. The molecule has 0 atom stereocenters. The number of hydrogen-bond acceptors (Lipinski definition) is 9. The van der Waals surface area contributed by atoms with Crippen LogP contribution in [0.25, 0.3) is 10.9 Å². The number of nitro groups is 2. The predicted octanol–water partition coefficient (Wildman–Crippen LogP) is 2.87. The third kappa shape index (κ3) is 4.64. The molecule has 0 aliphatic carbocycles. The van der Waals surface area contributed by atoms with Crippen molar-refractivity contribution in [3.8, 4) is 0 Å². The van der Waals surface area contributed by atoms with E-state index >= 15 is 0 Å². The molecule has 0 saturated carbocycles. The van der Waals surface area contributed by atoms with Gasteiger partial charge in [0.05, 0.1) is 40.0 Å². The number of ether oxygens (including phenoxy) is 1. The van der Waals surface area contributed by atoms with Crippen LogP contribution >= 0.6 is 11.8 Å². The van der Waals surface area contributed by atoms with E-state index in [2.05, 4.69) is 14.9 Å². The average Bonchev–Trinajstić information content (AvgIpc) is 2.78. The minimum atomic E-state index is -0.677. The van der Waals surface area contributed by atoms with Crippen LogP contribution in [0.4, 0.5) is 17.1 Å². The molecule has 2 aromatic carbocycles. The number of nitrogens with one attached hydrogen (secondary N) is 1. The number of nitro benzene ring substituents is 2. The van der Waals surface area contributed by atoms with Crippen LogP contribution in [0.3, 0.4) is 0 Å². The molecule has 1 aromatic heterocycles. The molecule has 0 unspecified atom stereocenters. The molecule has 1 saturated heterocycles. The Kier molecular flexibility index (Phi) is 5.82. The normalized spacial score (nSPS) is 14.0. The van der Waals surface area contributed by atoms with Crippen LogP contribution in [-0.4, -0.2) is 46.1 Å². The van der Waals surface area contributed by atoms with Crippen LogP contribution in [0.2, 0.25) is 0 Å². The van der Waals surface area contributed by atoms with Gasteiger partial charge in [0, 0.05) is 36.7 Å². The van der Waals surface area contributed by atoms with Crippen molar-refractivity contribution in [1.29, 1.82) is 0 Å². The quantitative estimate of drug-likeness (QED) is 0.263. The van der Waals surface area contributed by atoms with E-state index in [0.717, 1.165) is 36.6 Å². The molecule has 0 bridgehead atoms. The smallest absolute Gasteiger partial charge is 0.276 e. The summed E-state index contributed by atoms with van der Waals surface area (Å²) in [6, 6.07) is 8.93. The van der Waals surface area contributed by atoms with Gasteiger partial charge in [-0.15, -0.1) is 0 Å². The van der Waals surface area contributed by atoms with Gasteiger partial charge in [0.15, 0.2) is 5.16 Å². The lowest BCUT2D eigenvalue weighted by atomic mass is 10.2. The Labute approximate surface area is 179 Å². The number of morpholine rings is 1. The fraction of sp³-hybridized carbons (Fsp3) is 0.263. The first-order valence-corrected chi connectivity index (χ1v) is 10.3. The molecule has 1 fully saturated rings. The Hall–Kier alpha value is -3.51. The molecule has 2 heterocycles. The summed E-state index contributed by atoms with van der Waals surface area (Å²) in [6.45, 7) is 2.77. The highest BCUT2D eigenvalue weighted by molar-refractivity contribution is 7.98. The Morgan fingerprint density at radius 2 is 1.74 bits per heavy atom. The molecular formula is C19H17N5O6S. The average molecular weight is 443 g/mol. The number of H-pyrrole nitrogens is 1. The van der Waals surface area contributed by atoms with Gasteiger partial charge in [-0.2, -0.15) is 0 Å². The van der Waals surface area contributed by atoms with E-state index in [9.17, 15) is 25.0 Å². The molecule has 1 N–H and O–H groups in total. The number of nitrogens with zero attached hydrogens (tertiary/aromatic N) is 4. The summed E-state index contributed by atoms with van der Waals surface area (Å²) >= 11 is 1.14. The second-order valence-electron chi connectivity index (χ2n) is 6.83. The summed E-state index contributed by atoms with van der Waals surface area (Å²) in [4.78, 5) is 42.6. The third-order valence-electron chi connectivity index (χ3n) is 4.80. The lowest BCUT2D eigenvalue weighted by molar-refractivity contribution is -0.394. The van der Waals surface area contributed by atoms with Crippen molar-refractivity contribution in [3.63, 3.8) is 0 Å². The van der Waals surface area contributed by atoms with Crippen LogP contribution in [0.5, 0.6) is 0 Å². The zero-order valence-electron chi connectivity index (χ0n) is 16.1. The van der Waals surface area contributed by atoms with Gasteiger partial charge in [-0.25, -0.2) is 4.98 Å². The van der Waals surface area contributed by atoms with Crippen LogP contribution in [0, 0.1) is 20.2 Å². The number of rotatable bonds is 6. The molecule has 0 spiro atoms. The topological polar surface area (TPSA) is 145 Å². The van der Waals surface area contributed by atoms with Gasteiger partial charge in [0.1, 0.15) is 0 Å². The largest absolute Gasteiger partial charge is 0.378 e. The van der Waals surface area contributed by atoms with Crippen LogP contribution in [-0.2, 0) is 10.5 Å². The summed E-state index contributed by atoms with van der Waals surface area (Å²) in [5, 5.41) is 22.9. The Morgan fingerprint density at radius 1 is 1.06 bits per heavy atom. The first kappa shape index (κ1) is 20.8. The molecule has 1 aliphatic rings. The number of benzene rings is 2. The van der Waals surface area contributed by atoms with Crippen molar-refractivity contribution in [2.24, 2.45) is 0 Å². The highest BCUT2D eigenvalue weighted by Gasteiger charge is 2.17. The van der Waals surface area contributed by atoms with Gasteiger partial charge in [-0.1, -0.05) is 11.8 Å². The second kappa shape index (κ2) is 8.70. The Morgan fingerprint density at radius 3 is 2.39 bits per heavy atom. The number of fused-ring (bicyclic) bond motifs is 1. The highest BCUT2D eigenvalue weighted by atomic mass is 32.2. The summed E-state index contributed by atoms with van der Waals surface area (Å²) in [7, 11) is 0. The number of thioether (sulfide) groups is 1. The number of non-ortho nitro benzene ring substituents is 2. The van der Waals surface area contributed by atoms with E-state index < -0.39 is 9.85 Å². The van der Waals surface area contributed by atoms with Crippen LogP contribution < -0.4 is 10.5 Å². The lowest BCUT2D eigenvalue weighted by Crippen LogP contribution is -2.36. The maximum atomic E-state index is 12.6. The van der Waals surface area contributed by atoms with Crippen molar-refractivity contribution in [2.75, 3.05) is 31.2 Å². The van der Waals surface area contributed by atoms with Crippen molar-refractivity contribution >= 4 is 39.7 Å². The zero-order chi connectivity index (χ0) is 22.0. The van der Waals surface area contributed by atoms with Crippen molar-refractivity contribution in [2.45, 2.75) is 10.9 Å². The summed E-state index contributed by atoms with van der Waals surface area (Å²) < 4.78 is 5.35. The maximum absolute atomic E-state index is 12.6. The fourth-order valence-corrected chi connectivity index (χ4v) is 4.09. The van der Waals surface area contributed by atoms with Gasteiger partial charge in [0.25, 0.3) is 16.9 Å². The summed E-state index contributed by atoms with van der Waals surface area (Å²) in [5.41, 5.74) is 0.811. The Bertz CT molecular complexity index is 1190. The molecule has 31 heavy (non-hydrogen) atoms. The molecule has 11 nitrogen and oxygen atoms in total. The first-order chi connectivity index (χ1) is 14.9. The van der Waals surface area contributed by atoms with E-state index in [-0.39, 0.29) is 22.7 Å². The number of anilines is 1. The van der Waals surface area contributed by atoms with Crippen LogP contribution in [0.15, 0.2) is 46.3 Å². The molecule has 4 rings (SSSR count). The minimum Gasteiger partial charge on any atom is -0.378 e.